The molecule has 6 rings (SSSR count). The van der Waals surface area contributed by atoms with Crippen molar-refractivity contribution in [3.63, 3.8) is 0 Å². The van der Waals surface area contributed by atoms with Gasteiger partial charge in [-0.05, 0) is 61.9 Å². The van der Waals surface area contributed by atoms with Crippen LogP contribution in [0, 0.1) is 5.92 Å². The Bertz CT molecular complexity index is 985. The molecule has 1 N–H and O–H groups in total. The average molecular weight is 390 g/mol. The quantitative estimate of drug-likeness (QED) is 0.728. The number of amides is 1. The van der Waals surface area contributed by atoms with Crippen molar-refractivity contribution in [3.05, 3.63) is 59.7 Å². The fraction of sp³-hybridized carbons (Fsp3) is 0.435. The summed E-state index contributed by atoms with van der Waals surface area (Å²) in [7, 11) is 0. The molecule has 1 amide bonds. The first-order valence-corrected chi connectivity index (χ1v) is 10.6. The number of benzene rings is 2. The van der Waals surface area contributed by atoms with Gasteiger partial charge in [0.1, 0.15) is 11.0 Å². The van der Waals surface area contributed by atoms with Gasteiger partial charge in [-0.1, -0.05) is 30.3 Å². The van der Waals surface area contributed by atoms with Crippen LogP contribution in [0.4, 0.5) is 0 Å². The summed E-state index contributed by atoms with van der Waals surface area (Å²) in [5, 5.41) is 10.8. The third-order valence-electron chi connectivity index (χ3n) is 6.40. The number of aryl methyl sites for hydroxylation is 1. The third-order valence-corrected chi connectivity index (χ3v) is 6.40. The number of rotatable bonds is 5. The number of piperidine rings is 1. The van der Waals surface area contributed by atoms with Crippen molar-refractivity contribution in [3.8, 4) is 0 Å². The summed E-state index contributed by atoms with van der Waals surface area (Å²) >= 11 is 0. The second-order valence-electron chi connectivity index (χ2n) is 8.43. The van der Waals surface area contributed by atoms with E-state index in [9.17, 15) is 4.79 Å². The Labute approximate surface area is 170 Å². The summed E-state index contributed by atoms with van der Waals surface area (Å²) < 4.78 is 0. The molecule has 2 bridgehead atoms. The van der Waals surface area contributed by atoms with Gasteiger partial charge in [-0.25, -0.2) is 0 Å². The van der Waals surface area contributed by atoms with Crippen LogP contribution in [0.5, 0.6) is 0 Å². The van der Waals surface area contributed by atoms with Gasteiger partial charge in [-0.15, -0.1) is 0 Å². The van der Waals surface area contributed by atoms with Crippen LogP contribution < -0.4 is 0 Å². The zero-order chi connectivity index (χ0) is 19.6. The minimum atomic E-state index is 0.135. The molecule has 0 saturated carbocycles. The normalized spacial score (nSPS) is 22.1. The lowest BCUT2D eigenvalue weighted by atomic mass is 9.94. The maximum Gasteiger partial charge on any atom is 0.254 e. The van der Waals surface area contributed by atoms with Crippen LogP contribution >= 0.6 is 0 Å². The number of aromatic nitrogens is 3. The van der Waals surface area contributed by atoms with E-state index in [4.69, 9.17) is 0 Å². The molecule has 0 spiro atoms. The highest BCUT2D eigenvalue weighted by molar-refractivity contribution is 5.97. The summed E-state index contributed by atoms with van der Waals surface area (Å²) in [6.45, 7) is 4.07. The third kappa shape index (κ3) is 3.90. The Hall–Kier alpha value is -2.73. The molecule has 0 aliphatic carbocycles. The van der Waals surface area contributed by atoms with Crippen LogP contribution in [0.15, 0.2) is 48.5 Å². The largest absolute Gasteiger partial charge is 0.334 e. The van der Waals surface area contributed by atoms with Crippen molar-refractivity contribution in [2.75, 3.05) is 26.2 Å². The summed E-state index contributed by atoms with van der Waals surface area (Å²) in [4.78, 5) is 18.0. The molecule has 29 heavy (non-hydrogen) atoms. The van der Waals surface area contributed by atoms with E-state index in [0.717, 1.165) is 55.6 Å². The molecule has 6 heteroatoms. The van der Waals surface area contributed by atoms with Crippen molar-refractivity contribution in [2.24, 2.45) is 5.92 Å². The molecular formula is C23H27N5O. The van der Waals surface area contributed by atoms with Crippen LogP contribution in [0.25, 0.3) is 11.0 Å². The number of nitrogens with zero attached hydrogens (tertiary/aromatic N) is 4. The molecule has 3 aliphatic heterocycles. The van der Waals surface area contributed by atoms with Crippen molar-refractivity contribution >= 4 is 16.9 Å². The first-order valence-electron chi connectivity index (χ1n) is 10.6. The highest BCUT2D eigenvalue weighted by Crippen LogP contribution is 2.29. The van der Waals surface area contributed by atoms with E-state index in [1.807, 2.05) is 18.2 Å². The lowest BCUT2D eigenvalue weighted by Crippen LogP contribution is -2.47. The minimum absolute atomic E-state index is 0.135. The number of carbonyl (C=O) groups is 1. The molecule has 0 radical (unpaired) electrons. The first kappa shape index (κ1) is 18.3. The Kier molecular flexibility index (Phi) is 5.02. The summed E-state index contributed by atoms with van der Waals surface area (Å²) in [5.74, 6) is 0.709. The van der Waals surface area contributed by atoms with Crippen LogP contribution in [-0.2, 0) is 6.42 Å². The van der Waals surface area contributed by atoms with Crippen molar-refractivity contribution in [1.29, 1.82) is 0 Å². The summed E-state index contributed by atoms with van der Waals surface area (Å²) in [5.41, 5.74) is 3.67. The van der Waals surface area contributed by atoms with Crippen LogP contribution in [0.1, 0.15) is 35.2 Å². The Morgan fingerprint density at radius 3 is 2.76 bits per heavy atom. The molecule has 150 valence electrons. The molecule has 2 atom stereocenters. The van der Waals surface area contributed by atoms with E-state index in [2.05, 4.69) is 55.5 Å². The van der Waals surface area contributed by atoms with Crippen LogP contribution in [-0.4, -0.2) is 63.3 Å². The summed E-state index contributed by atoms with van der Waals surface area (Å²) in [6, 6.07) is 16.6. The number of nitrogens with one attached hydrogen (secondary N) is 1. The zero-order valence-corrected chi connectivity index (χ0v) is 16.6. The zero-order valence-electron chi connectivity index (χ0n) is 16.6. The molecule has 3 fully saturated rings. The van der Waals surface area contributed by atoms with E-state index in [0.29, 0.717) is 12.0 Å². The molecule has 6 nitrogen and oxygen atoms in total. The minimum Gasteiger partial charge on any atom is -0.334 e. The standard InChI is InChI=1S/C23H27N5O/c29-23(19-9-11-21-22(13-19)25-26-24-21)28-15-18-8-10-20(28)16-27(14-18)12-4-7-17-5-2-1-3-6-17/h1-3,5-6,9,11,13,18,20H,4,7-8,10,12,14-16H2,(H,24,25,26). The first-order chi connectivity index (χ1) is 14.3. The van der Waals surface area contributed by atoms with Crippen molar-refractivity contribution < 1.29 is 4.79 Å². The second-order valence-corrected chi connectivity index (χ2v) is 8.43. The number of hydrogen-bond donors (Lipinski definition) is 1. The second kappa shape index (κ2) is 7.95. The van der Waals surface area contributed by atoms with Crippen molar-refractivity contribution in [2.45, 2.75) is 31.7 Å². The predicted molar refractivity (Wildman–Crippen MR) is 113 cm³/mol. The van der Waals surface area contributed by atoms with Gasteiger partial charge in [0.05, 0.1) is 0 Å². The number of fused-ring (bicyclic) bond motifs is 5. The highest BCUT2D eigenvalue weighted by atomic mass is 16.2. The topological polar surface area (TPSA) is 65.1 Å². The van der Waals surface area contributed by atoms with Crippen LogP contribution in [0.3, 0.4) is 0 Å². The van der Waals surface area contributed by atoms with E-state index < -0.39 is 0 Å². The van der Waals surface area contributed by atoms with E-state index in [1.165, 1.54) is 18.4 Å². The van der Waals surface area contributed by atoms with Gasteiger partial charge in [-0.3, -0.25) is 4.79 Å². The Morgan fingerprint density at radius 1 is 1.00 bits per heavy atom. The fourth-order valence-electron chi connectivity index (χ4n) is 4.90. The van der Waals surface area contributed by atoms with Gasteiger partial charge in [0.2, 0.25) is 0 Å². The van der Waals surface area contributed by atoms with E-state index in [-0.39, 0.29) is 5.91 Å². The number of carbonyl (C=O) groups excluding carboxylic acids is 1. The van der Waals surface area contributed by atoms with Gasteiger partial charge in [0, 0.05) is 31.2 Å². The monoisotopic (exact) mass is 389 g/mol. The van der Waals surface area contributed by atoms with Gasteiger partial charge >= 0.3 is 0 Å². The fourth-order valence-corrected chi connectivity index (χ4v) is 4.90. The summed E-state index contributed by atoms with van der Waals surface area (Å²) in [6.07, 6.45) is 4.62. The van der Waals surface area contributed by atoms with E-state index in [1.54, 1.807) is 0 Å². The Morgan fingerprint density at radius 2 is 1.86 bits per heavy atom. The van der Waals surface area contributed by atoms with Gasteiger partial charge < -0.3 is 9.80 Å². The number of aromatic amines is 1. The maximum absolute atomic E-state index is 13.3. The molecule has 2 aromatic carbocycles. The molecule has 3 aliphatic rings. The number of H-pyrrole nitrogens is 1. The molecular weight excluding hydrogens is 362 g/mol. The van der Waals surface area contributed by atoms with Crippen molar-refractivity contribution in [1.82, 2.24) is 25.2 Å². The van der Waals surface area contributed by atoms with Gasteiger partial charge in [0.25, 0.3) is 5.91 Å². The van der Waals surface area contributed by atoms with Gasteiger partial charge in [0.15, 0.2) is 0 Å². The van der Waals surface area contributed by atoms with Gasteiger partial charge in [-0.2, -0.15) is 15.4 Å². The maximum atomic E-state index is 13.3. The van der Waals surface area contributed by atoms with E-state index >= 15 is 0 Å². The Balaban J connectivity index is 1.24. The SMILES string of the molecule is O=C(c1ccc2n[nH]nc2c1)N1CC2CCC1CN(CCCc1ccccc1)C2. The average Bonchev–Trinajstić information content (AvgIpc) is 3.05. The molecule has 4 heterocycles. The molecule has 3 aromatic rings. The van der Waals surface area contributed by atoms with Crippen LogP contribution in [0.2, 0.25) is 0 Å². The molecule has 3 saturated heterocycles. The lowest BCUT2D eigenvalue weighted by Gasteiger charge is -2.36. The predicted octanol–water partition coefficient (Wildman–Crippen LogP) is 3.13. The smallest absolute Gasteiger partial charge is 0.254 e. The molecule has 1 aromatic heterocycles. The highest BCUT2D eigenvalue weighted by Gasteiger charge is 2.37. The molecule has 2 unspecified atom stereocenters. The number of hydrogen-bond acceptors (Lipinski definition) is 4. The lowest BCUT2D eigenvalue weighted by molar-refractivity contribution is 0.0585.